The number of rotatable bonds is 9. The summed E-state index contributed by atoms with van der Waals surface area (Å²) in [5, 5.41) is 7.19. The largest absolute Gasteiger partial charge is 0.350 e. The lowest BCUT2D eigenvalue weighted by molar-refractivity contribution is -0.122. The molecule has 2 heterocycles. The van der Waals surface area contributed by atoms with Gasteiger partial charge >= 0.3 is 0 Å². The van der Waals surface area contributed by atoms with Crippen LogP contribution in [0.4, 0.5) is 0 Å². The van der Waals surface area contributed by atoms with E-state index in [9.17, 15) is 13.2 Å². The number of aliphatic imine (C=N–C) groups is 1. The SMILES string of the molecule is CCCCC(N=C1NS(=O)(=O)c2ccccc21)C(=O)NCc1cccc(Cn2cccn2)c1. The van der Waals surface area contributed by atoms with Gasteiger partial charge in [-0.25, -0.2) is 8.42 Å². The summed E-state index contributed by atoms with van der Waals surface area (Å²) in [5.74, 6) is 0.0000754. The molecule has 0 spiro atoms. The van der Waals surface area contributed by atoms with Gasteiger partial charge in [0.2, 0.25) is 5.91 Å². The predicted octanol–water partition coefficient (Wildman–Crippen LogP) is 2.85. The second-order valence-corrected chi connectivity index (χ2v) is 9.63. The summed E-state index contributed by atoms with van der Waals surface area (Å²) in [5.41, 5.74) is 2.56. The van der Waals surface area contributed by atoms with Gasteiger partial charge in [0.25, 0.3) is 10.0 Å². The van der Waals surface area contributed by atoms with E-state index in [1.54, 1.807) is 24.4 Å². The van der Waals surface area contributed by atoms with Crippen LogP contribution in [0.3, 0.4) is 0 Å². The summed E-state index contributed by atoms with van der Waals surface area (Å²) in [7, 11) is -3.65. The van der Waals surface area contributed by atoms with E-state index in [0.717, 1.165) is 24.0 Å². The van der Waals surface area contributed by atoms with Crippen LogP contribution in [-0.4, -0.2) is 36.0 Å². The van der Waals surface area contributed by atoms with Crippen molar-refractivity contribution in [3.05, 3.63) is 83.7 Å². The zero-order valence-electron chi connectivity index (χ0n) is 18.4. The number of amidine groups is 1. The number of carbonyl (C=O) groups is 1. The average Bonchev–Trinajstić information content (AvgIpc) is 3.41. The zero-order chi connectivity index (χ0) is 23.3. The van der Waals surface area contributed by atoms with Crippen LogP contribution in [-0.2, 0) is 27.9 Å². The van der Waals surface area contributed by atoms with E-state index >= 15 is 0 Å². The first-order chi connectivity index (χ1) is 16.0. The minimum Gasteiger partial charge on any atom is -0.350 e. The van der Waals surface area contributed by atoms with Gasteiger partial charge in [0.15, 0.2) is 0 Å². The number of sulfonamides is 1. The molecule has 33 heavy (non-hydrogen) atoms. The van der Waals surface area contributed by atoms with Crippen molar-refractivity contribution in [3.8, 4) is 0 Å². The van der Waals surface area contributed by atoms with Gasteiger partial charge in [-0.2, -0.15) is 5.10 Å². The van der Waals surface area contributed by atoms with Crippen LogP contribution in [0, 0.1) is 0 Å². The van der Waals surface area contributed by atoms with Crippen LogP contribution in [0.15, 0.2) is 76.9 Å². The van der Waals surface area contributed by atoms with E-state index in [4.69, 9.17) is 0 Å². The highest BCUT2D eigenvalue weighted by molar-refractivity contribution is 7.90. The predicted molar refractivity (Wildman–Crippen MR) is 126 cm³/mol. The summed E-state index contributed by atoms with van der Waals surface area (Å²) in [4.78, 5) is 17.7. The standard InChI is InChI=1S/C24H27N5O3S/c1-2-3-11-21(27-23-20-10-4-5-12-22(20)33(31,32)28-23)24(30)25-16-18-8-6-9-19(15-18)17-29-14-7-13-26-29/h4-10,12-15,21H,2-3,11,16-17H2,1H3,(H,25,30)(H,27,28). The zero-order valence-corrected chi connectivity index (χ0v) is 19.3. The number of hydrogen-bond acceptors (Lipinski definition) is 5. The van der Waals surface area contributed by atoms with Crippen LogP contribution in [0.5, 0.6) is 0 Å². The fourth-order valence-electron chi connectivity index (χ4n) is 3.76. The molecule has 0 radical (unpaired) electrons. The average molecular weight is 466 g/mol. The van der Waals surface area contributed by atoms with E-state index < -0.39 is 16.1 Å². The summed E-state index contributed by atoms with van der Waals surface area (Å²) >= 11 is 0. The van der Waals surface area contributed by atoms with Crippen molar-refractivity contribution < 1.29 is 13.2 Å². The number of aromatic nitrogens is 2. The molecule has 0 saturated heterocycles. The topological polar surface area (TPSA) is 105 Å². The summed E-state index contributed by atoms with van der Waals surface area (Å²) in [6.45, 7) is 3.06. The van der Waals surface area contributed by atoms with Gasteiger partial charge in [-0.3, -0.25) is 19.2 Å². The fraction of sp³-hybridized carbons (Fsp3) is 0.292. The van der Waals surface area contributed by atoms with Crippen molar-refractivity contribution in [2.45, 2.75) is 50.2 Å². The monoisotopic (exact) mass is 465 g/mol. The third-order valence-corrected chi connectivity index (χ3v) is 6.84. The Kier molecular flexibility index (Phi) is 6.88. The second-order valence-electron chi connectivity index (χ2n) is 7.98. The van der Waals surface area contributed by atoms with Crippen molar-refractivity contribution >= 4 is 21.8 Å². The number of amides is 1. The van der Waals surface area contributed by atoms with E-state index in [-0.39, 0.29) is 16.6 Å². The molecule has 1 atom stereocenters. The normalized spacial score (nSPS) is 16.2. The van der Waals surface area contributed by atoms with Crippen LogP contribution in [0.2, 0.25) is 0 Å². The number of nitrogens with zero attached hydrogens (tertiary/aromatic N) is 3. The summed E-state index contributed by atoms with van der Waals surface area (Å²) < 4.78 is 29.1. The van der Waals surface area contributed by atoms with Gasteiger partial charge in [-0.05, 0) is 35.7 Å². The van der Waals surface area contributed by atoms with Gasteiger partial charge in [0.1, 0.15) is 11.9 Å². The van der Waals surface area contributed by atoms with Gasteiger partial charge < -0.3 is 5.32 Å². The quantitative estimate of drug-likeness (QED) is 0.507. The lowest BCUT2D eigenvalue weighted by Gasteiger charge is -2.14. The van der Waals surface area contributed by atoms with Crippen molar-refractivity contribution in [1.82, 2.24) is 19.8 Å². The van der Waals surface area contributed by atoms with Crippen LogP contribution in [0.1, 0.15) is 42.9 Å². The highest BCUT2D eigenvalue weighted by Crippen LogP contribution is 2.23. The summed E-state index contributed by atoms with van der Waals surface area (Å²) in [6.07, 6.45) is 5.90. The lowest BCUT2D eigenvalue weighted by atomic mass is 10.1. The number of carbonyl (C=O) groups excluding carboxylic acids is 1. The van der Waals surface area contributed by atoms with Gasteiger partial charge in [0.05, 0.1) is 11.4 Å². The molecule has 1 aliphatic rings. The third-order valence-electron chi connectivity index (χ3n) is 5.44. The molecular formula is C24H27N5O3S. The first kappa shape index (κ1) is 22.7. The number of nitrogens with one attached hydrogen (secondary N) is 2. The highest BCUT2D eigenvalue weighted by atomic mass is 32.2. The van der Waals surface area contributed by atoms with Gasteiger partial charge in [0, 0.05) is 24.5 Å². The maximum absolute atomic E-state index is 13.0. The molecule has 4 rings (SSSR count). The molecule has 172 valence electrons. The van der Waals surface area contributed by atoms with E-state index in [2.05, 4.69) is 20.1 Å². The molecule has 3 aromatic rings. The van der Waals surface area contributed by atoms with E-state index in [0.29, 0.717) is 25.1 Å². The minimum atomic E-state index is -3.65. The van der Waals surface area contributed by atoms with Crippen LogP contribution in [0.25, 0.3) is 0 Å². The molecule has 0 bridgehead atoms. The van der Waals surface area contributed by atoms with E-state index in [1.807, 2.05) is 48.1 Å². The first-order valence-electron chi connectivity index (χ1n) is 11.0. The van der Waals surface area contributed by atoms with Gasteiger partial charge in [-0.1, -0.05) is 56.2 Å². The van der Waals surface area contributed by atoms with Crippen molar-refractivity contribution in [1.29, 1.82) is 0 Å². The Bertz CT molecular complexity index is 1250. The number of benzene rings is 2. The molecular weight excluding hydrogens is 438 g/mol. The lowest BCUT2D eigenvalue weighted by Crippen LogP contribution is -2.35. The Labute approximate surface area is 193 Å². The number of hydrogen-bond donors (Lipinski definition) is 2. The summed E-state index contributed by atoms with van der Waals surface area (Å²) in [6, 6.07) is 15.8. The molecule has 1 aliphatic heterocycles. The molecule has 0 saturated carbocycles. The number of fused-ring (bicyclic) bond motifs is 1. The van der Waals surface area contributed by atoms with Crippen molar-refractivity contribution in [2.75, 3.05) is 0 Å². The Hall–Kier alpha value is -3.46. The molecule has 0 fully saturated rings. The minimum absolute atomic E-state index is 0.187. The second kappa shape index (κ2) is 9.99. The molecule has 9 heteroatoms. The van der Waals surface area contributed by atoms with E-state index in [1.165, 1.54) is 6.07 Å². The highest BCUT2D eigenvalue weighted by Gasteiger charge is 2.31. The first-order valence-corrected chi connectivity index (χ1v) is 12.5. The third kappa shape index (κ3) is 5.48. The van der Waals surface area contributed by atoms with Crippen LogP contribution >= 0.6 is 0 Å². The Morgan fingerprint density at radius 3 is 2.76 bits per heavy atom. The molecule has 1 unspecified atom stereocenters. The van der Waals surface area contributed by atoms with Gasteiger partial charge in [-0.15, -0.1) is 0 Å². The Morgan fingerprint density at radius 2 is 1.97 bits per heavy atom. The molecule has 2 N–H and O–H groups in total. The fourth-order valence-corrected chi connectivity index (χ4v) is 5.00. The molecule has 8 nitrogen and oxygen atoms in total. The smallest absolute Gasteiger partial charge is 0.263 e. The Morgan fingerprint density at radius 1 is 1.15 bits per heavy atom. The van der Waals surface area contributed by atoms with Crippen LogP contribution < -0.4 is 10.0 Å². The number of unbranched alkanes of at least 4 members (excludes halogenated alkanes) is 1. The van der Waals surface area contributed by atoms with Crippen molar-refractivity contribution in [3.63, 3.8) is 0 Å². The molecule has 2 aromatic carbocycles. The molecule has 1 aromatic heterocycles. The maximum Gasteiger partial charge on any atom is 0.263 e. The molecule has 1 amide bonds. The Balaban J connectivity index is 1.47. The maximum atomic E-state index is 13.0. The van der Waals surface area contributed by atoms with Crippen molar-refractivity contribution in [2.24, 2.45) is 4.99 Å². The molecule has 0 aliphatic carbocycles.